The normalized spacial score (nSPS) is 24.0. The number of carboxylic acid groups (broad SMARTS) is 2. The van der Waals surface area contributed by atoms with Gasteiger partial charge in [0, 0.05) is 22.6 Å². The second-order valence-corrected chi connectivity index (χ2v) is 5.77. The van der Waals surface area contributed by atoms with Crippen LogP contribution in [0.5, 0.6) is 0 Å². The van der Waals surface area contributed by atoms with E-state index < -0.39 is 23.9 Å². The summed E-state index contributed by atoms with van der Waals surface area (Å²) in [5.74, 6) is -2.35. The lowest BCUT2D eigenvalue weighted by atomic mass is 9.96. The Hall–Kier alpha value is -1.53. The lowest BCUT2D eigenvalue weighted by molar-refractivity contribution is -0.141. The van der Waals surface area contributed by atoms with Gasteiger partial charge in [0.15, 0.2) is 0 Å². The Labute approximate surface area is 128 Å². The molecule has 1 fully saturated rings. The predicted octanol–water partition coefficient (Wildman–Crippen LogP) is 2.32. The van der Waals surface area contributed by atoms with E-state index in [-0.39, 0.29) is 11.7 Å². The van der Waals surface area contributed by atoms with E-state index in [4.69, 9.17) is 10.2 Å². The van der Waals surface area contributed by atoms with Crippen LogP contribution in [0.15, 0.2) is 35.2 Å². The average molecular weight is 311 g/mol. The molecule has 6 heteroatoms. The molecule has 116 valence electrons. The van der Waals surface area contributed by atoms with Crippen LogP contribution in [0.4, 0.5) is 0 Å². The Balaban J connectivity index is 0.00000106. The van der Waals surface area contributed by atoms with Gasteiger partial charge in [0.1, 0.15) is 6.04 Å². The van der Waals surface area contributed by atoms with Crippen LogP contribution in [-0.2, 0) is 9.59 Å². The Morgan fingerprint density at radius 2 is 1.86 bits per heavy atom. The van der Waals surface area contributed by atoms with E-state index in [0.717, 1.165) is 4.90 Å². The third kappa shape index (κ3) is 5.06. The molecular weight excluding hydrogens is 290 g/mol. The second-order valence-electron chi connectivity index (χ2n) is 4.46. The van der Waals surface area contributed by atoms with Gasteiger partial charge < -0.3 is 15.5 Å². The molecule has 3 N–H and O–H groups in total. The van der Waals surface area contributed by atoms with Crippen molar-refractivity contribution in [3.63, 3.8) is 0 Å². The first-order valence-corrected chi connectivity index (χ1v) is 7.85. The molecule has 0 spiro atoms. The quantitative estimate of drug-likeness (QED) is 0.773. The average Bonchev–Trinajstić information content (AvgIpc) is 2.84. The van der Waals surface area contributed by atoms with Crippen LogP contribution < -0.4 is 5.32 Å². The van der Waals surface area contributed by atoms with E-state index in [0.29, 0.717) is 6.54 Å². The SMILES string of the molecule is CC.O=C(O)C[C@H]1[C@@H](Sc2ccccc2)CN[C@@H]1C(=O)O. The minimum Gasteiger partial charge on any atom is -0.481 e. The van der Waals surface area contributed by atoms with Gasteiger partial charge in [-0.15, -0.1) is 11.8 Å². The highest BCUT2D eigenvalue weighted by Gasteiger charge is 2.41. The summed E-state index contributed by atoms with van der Waals surface area (Å²) in [5, 5.41) is 20.9. The summed E-state index contributed by atoms with van der Waals surface area (Å²) in [5.41, 5.74) is 0. The predicted molar refractivity (Wildman–Crippen MR) is 82.6 cm³/mol. The molecule has 3 atom stereocenters. The minimum atomic E-state index is -0.984. The molecule has 1 aromatic rings. The van der Waals surface area contributed by atoms with Gasteiger partial charge in [0.05, 0.1) is 6.42 Å². The number of thioether (sulfide) groups is 1. The molecule has 1 saturated heterocycles. The third-order valence-electron chi connectivity index (χ3n) is 3.15. The standard InChI is InChI=1S/C13H15NO4S.C2H6/c15-11(16)6-9-10(7-14-12(9)13(17)18)19-8-4-2-1-3-5-8;1-2/h1-5,9-10,12,14H,6-7H2,(H,15,16)(H,17,18);1-2H3/t9-,10-,12-;/m0./s1. The van der Waals surface area contributed by atoms with Crippen molar-refractivity contribution < 1.29 is 19.8 Å². The molecule has 0 bridgehead atoms. The number of aliphatic carboxylic acids is 2. The number of benzene rings is 1. The minimum absolute atomic E-state index is 0.0420. The molecule has 5 nitrogen and oxygen atoms in total. The van der Waals surface area contributed by atoms with Crippen LogP contribution in [0.1, 0.15) is 20.3 Å². The Kier molecular flexibility index (Phi) is 7.25. The van der Waals surface area contributed by atoms with E-state index in [1.54, 1.807) is 0 Å². The van der Waals surface area contributed by atoms with Crippen LogP contribution in [0.2, 0.25) is 0 Å². The molecule has 1 aromatic carbocycles. The maximum atomic E-state index is 11.1. The van der Waals surface area contributed by atoms with Gasteiger partial charge >= 0.3 is 11.9 Å². The van der Waals surface area contributed by atoms with E-state index >= 15 is 0 Å². The van der Waals surface area contributed by atoms with Gasteiger partial charge in [-0.05, 0) is 12.1 Å². The fraction of sp³-hybridized carbons (Fsp3) is 0.467. The van der Waals surface area contributed by atoms with Crippen molar-refractivity contribution >= 4 is 23.7 Å². The van der Waals surface area contributed by atoms with Crippen molar-refractivity contribution in [3.8, 4) is 0 Å². The number of rotatable bonds is 5. The highest BCUT2D eigenvalue weighted by molar-refractivity contribution is 8.00. The van der Waals surface area contributed by atoms with Gasteiger partial charge in [0.2, 0.25) is 0 Å². The second kappa shape index (κ2) is 8.69. The number of carboxylic acids is 2. The highest BCUT2D eigenvalue weighted by Crippen LogP contribution is 2.34. The van der Waals surface area contributed by atoms with Gasteiger partial charge in [0.25, 0.3) is 0 Å². The molecule has 1 aliphatic heterocycles. The van der Waals surface area contributed by atoms with Crippen LogP contribution in [-0.4, -0.2) is 40.0 Å². The molecule has 1 aliphatic rings. The first-order chi connectivity index (χ1) is 10.1. The van der Waals surface area contributed by atoms with Crippen LogP contribution in [0.25, 0.3) is 0 Å². The summed E-state index contributed by atoms with van der Waals surface area (Å²) in [6.07, 6.45) is -0.130. The van der Waals surface area contributed by atoms with Crippen molar-refractivity contribution in [1.29, 1.82) is 0 Å². The zero-order valence-electron chi connectivity index (χ0n) is 12.2. The zero-order valence-corrected chi connectivity index (χ0v) is 13.0. The van der Waals surface area contributed by atoms with E-state index in [1.807, 2.05) is 44.2 Å². The summed E-state index contributed by atoms with van der Waals surface area (Å²) in [6, 6.07) is 8.83. The number of hydrogen-bond donors (Lipinski definition) is 3. The van der Waals surface area contributed by atoms with Crippen molar-refractivity contribution in [2.75, 3.05) is 6.54 Å². The maximum absolute atomic E-state index is 11.1. The Bertz CT molecular complexity index is 466. The maximum Gasteiger partial charge on any atom is 0.321 e. The smallest absolute Gasteiger partial charge is 0.321 e. The molecule has 0 aliphatic carbocycles. The summed E-state index contributed by atoms with van der Waals surface area (Å²) < 4.78 is 0. The van der Waals surface area contributed by atoms with Crippen LogP contribution >= 0.6 is 11.8 Å². The molecule has 0 saturated carbocycles. The summed E-state index contributed by atoms with van der Waals surface area (Å²) in [6.45, 7) is 4.51. The summed E-state index contributed by atoms with van der Waals surface area (Å²) in [7, 11) is 0. The first-order valence-electron chi connectivity index (χ1n) is 6.97. The van der Waals surface area contributed by atoms with Crippen LogP contribution in [0.3, 0.4) is 0 Å². The molecule has 0 unspecified atom stereocenters. The van der Waals surface area contributed by atoms with Crippen molar-refractivity contribution in [2.24, 2.45) is 5.92 Å². The van der Waals surface area contributed by atoms with Crippen molar-refractivity contribution in [2.45, 2.75) is 36.5 Å². The van der Waals surface area contributed by atoms with Gasteiger partial charge in [-0.1, -0.05) is 32.0 Å². The number of carbonyl (C=O) groups is 2. The van der Waals surface area contributed by atoms with E-state index in [2.05, 4.69) is 5.32 Å². The molecule has 21 heavy (non-hydrogen) atoms. The van der Waals surface area contributed by atoms with Gasteiger partial charge in [-0.25, -0.2) is 0 Å². The third-order valence-corrected chi connectivity index (χ3v) is 4.52. The number of hydrogen-bond acceptors (Lipinski definition) is 4. The number of nitrogens with one attached hydrogen (secondary N) is 1. The molecule has 0 aromatic heterocycles. The summed E-state index contributed by atoms with van der Waals surface area (Å²) in [4.78, 5) is 23.0. The molecular formula is C15H21NO4S. The fourth-order valence-electron chi connectivity index (χ4n) is 2.28. The lowest BCUT2D eigenvalue weighted by Crippen LogP contribution is -2.37. The largest absolute Gasteiger partial charge is 0.481 e. The topological polar surface area (TPSA) is 86.6 Å². The molecule has 1 heterocycles. The summed E-state index contributed by atoms with van der Waals surface area (Å²) >= 11 is 1.53. The van der Waals surface area contributed by atoms with Crippen molar-refractivity contribution in [3.05, 3.63) is 30.3 Å². The van der Waals surface area contributed by atoms with E-state index in [1.165, 1.54) is 11.8 Å². The van der Waals surface area contributed by atoms with Crippen LogP contribution in [0, 0.1) is 5.92 Å². The van der Waals surface area contributed by atoms with Crippen molar-refractivity contribution in [1.82, 2.24) is 5.32 Å². The molecule has 0 amide bonds. The monoisotopic (exact) mass is 311 g/mol. The zero-order chi connectivity index (χ0) is 15.8. The Morgan fingerprint density at radius 3 is 2.38 bits per heavy atom. The first kappa shape index (κ1) is 17.5. The lowest BCUT2D eigenvalue weighted by Gasteiger charge is -2.19. The van der Waals surface area contributed by atoms with E-state index in [9.17, 15) is 9.59 Å². The molecule has 2 rings (SSSR count). The Morgan fingerprint density at radius 1 is 1.24 bits per heavy atom. The van der Waals surface area contributed by atoms with Gasteiger partial charge in [-0.2, -0.15) is 0 Å². The highest BCUT2D eigenvalue weighted by atomic mass is 32.2. The fourth-order valence-corrected chi connectivity index (χ4v) is 3.56. The molecule has 0 radical (unpaired) electrons. The van der Waals surface area contributed by atoms with Gasteiger partial charge in [-0.3, -0.25) is 9.59 Å².